The molecule has 0 saturated heterocycles. The van der Waals surface area contributed by atoms with Crippen molar-refractivity contribution in [1.82, 2.24) is 0 Å². The first-order valence-electron chi connectivity index (χ1n) is 4.42. The summed E-state index contributed by atoms with van der Waals surface area (Å²) in [7, 11) is 2.43. The highest BCUT2D eigenvalue weighted by atomic mass is 32.2. The summed E-state index contributed by atoms with van der Waals surface area (Å²) >= 11 is 1.62. The van der Waals surface area contributed by atoms with Crippen LogP contribution in [0.3, 0.4) is 0 Å². The molecule has 18 heavy (non-hydrogen) atoms. The summed E-state index contributed by atoms with van der Waals surface area (Å²) in [6.07, 6.45) is 0. The number of rotatable bonds is 4. The van der Waals surface area contributed by atoms with E-state index >= 15 is 0 Å². The fraction of sp³-hybridized carbons (Fsp3) is 0.500. The molecule has 0 aromatic carbocycles. The molecule has 0 aliphatic carbocycles. The van der Waals surface area contributed by atoms with Crippen molar-refractivity contribution < 1.29 is 29.5 Å². The highest BCUT2D eigenvalue weighted by Crippen LogP contribution is 2.15. The van der Waals surface area contributed by atoms with Crippen molar-refractivity contribution in [2.24, 2.45) is 10.3 Å². The average Bonchev–Trinajstić information content (AvgIpc) is 2.41. The van der Waals surface area contributed by atoms with Crippen LogP contribution in [0.2, 0.25) is 0 Å². The Morgan fingerprint density at radius 1 is 0.944 bits per heavy atom. The minimum atomic E-state index is -0.531. The van der Waals surface area contributed by atoms with E-state index < -0.39 is 11.9 Å². The van der Waals surface area contributed by atoms with Crippen molar-refractivity contribution >= 4 is 45.5 Å². The molecule has 2 N–H and O–H groups in total. The fourth-order valence-electron chi connectivity index (χ4n) is 0.639. The van der Waals surface area contributed by atoms with Gasteiger partial charge in [-0.25, -0.2) is 0 Å². The number of ether oxygens (including phenoxy) is 2. The number of carbonyl (C=O) groups excluding carboxylic acids is 2. The Morgan fingerprint density at radius 2 is 1.28 bits per heavy atom. The SMILES string of the molecule is COC(=O)CSC(=NO)C(=NO)SCC(=O)OC. The molecule has 0 unspecified atom stereocenters. The second-order valence-corrected chi connectivity index (χ2v) is 4.47. The third-order valence-electron chi connectivity index (χ3n) is 1.47. The minimum absolute atomic E-state index is 0.100. The number of hydrogen-bond donors (Lipinski definition) is 2. The molecular formula is C8H12N2O6S2. The normalized spacial score (nSPS) is 12.1. The number of carbonyl (C=O) groups is 2. The highest BCUT2D eigenvalue weighted by Gasteiger charge is 2.16. The topological polar surface area (TPSA) is 118 Å². The summed E-state index contributed by atoms with van der Waals surface area (Å²) in [6, 6.07) is 0. The van der Waals surface area contributed by atoms with Crippen LogP contribution < -0.4 is 0 Å². The van der Waals surface area contributed by atoms with Crippen LogP contribution in [0.4, 0.5) is 0 Å². The van der Waals surface area contributed by atoms with E-state index in [-0.39, 0.29) is 21.6 Å². The van der Waals surface area contributed by atoms with Gasteiger partial charge < -0.3 is 19.9 Å². The maximum Gasteiger partial charge on any atom is 0.316 e. The molecule has 102 valence electrons. The van der Waals surface area contributed by atoms with Crippen molar-refractivity contribution in [3.63, 3.8) is 0 Å². The fourth-order valence-corrected chi connectivity index (χ4v) is 2.18. The first-order valence-corrected chi connectivity index (χ1v) is 6.39. The summed E-state index contributed by atoms with van der Waals surface area (Å²) < 4.78 is 8.79. The summed E-state index contributed by atoms with van der Waals surface area (Å²) in [5.41, 5.74) is 0. The number of methoxy groups -OCH3 is 2. The lowest BCUT2D eigenvalue weighted by atomic mass is 10.8. The lowest BCUT2D eigenvalue weighted by Gasteiger charge is -2.04. The van der Waals surface area contributed by atoms with Gasteiger partial charge in [0.05, 0.1) is 25.7 Å². The Morgan fingerprint density at radius 3 is 1.50 bits per heavy atom. The molecule has 0 aromatic heterocycles. The van der Waals surface area contributed by atoms with E-state index in [1.165, 1.54) is 14.2 Å². The van der Waals surface area contributed by atoms with Gasteiger partial charge in [0.25, 0.3) is 0 Å². The van der Waals surface area contributed by atoms with Gasteiger partial charge in [0.2, 0.25) is 0 Å². The number of nitrogens with zero attached hydrogens (tertiary/aromatic N) is 2. The van der Waals surface area contributed by atoms with Gasteiger partial charge in [-0.1, -0.05) is 33.8 Å². The molecular weight excluding hydrogens is 284 g/mol. The summed E-state index contributed by atoms with van der Waals surface area (Å²) in [6.45, 7) is 0. The summed E-state index contributed by atoms with van der Waals surface area (Å²) in [5.74, 6) is -1.30. The van der Waals surface area contributed by atoms with Gasteiger partial charge in [0.15, 0.2) is 10.1 Å². The maximum atomic E-state index is 10.9. The molecule has 0 amide bonds. The molecule has 0 bridgehead atoms. The van der Waals surface area contributed by atoms with E-state index in [0.717, 1.165) is 23.5 Å². The molecule has 0 aliphatic heterocycles. The number of oxime groups is 2. The Hall–Kier alpha value is -1.42. The molecule has 0 aromatic rings. The van der Waals surface area contributed by atoms with Crippen molar-refractivity contribution in [1.29, 1.82) is 0 Å². The van der Waals surface area contributed by atoms with Crippen molar-refractivity contribution in [2.75, 3.05) is 25.7 Å². The van der Waals surface area contributed by atoms with Gasteiger partial charge in [0.1, 0.15) is 0 Å². The van der Waals surface area contributed by atoms with Crippen LogP contribution >= 0.6 is 23.5 Å². The average molecular weight is 296 g/mol. The van der Waals surface area contributed by atoms with Crippen LogP contribution in [-0.4, -0.2) is 58.2 Å². The molecule has 0 aliphatic rings. The van der Waals surface area contributed by atoms with E-state index in [1.54, 1.807) is 0 Å². The van der Waals surface area contributed by atoms with Gasteiger partial charge in [-0.15, -0.1) is 0 Å². The quantitative estimate of drug-likeness (QED) is 0.251. The van der Waals surface area contributed by atoms with Crippen molar-refractivity contribution in [3.05, 3.63) is 0 Å². The molecule has 10 heteroatoms. The van der Waals surface area contributed by atoms with Crippen LogP contribution in [-0.2, 0) is 19.1 Å². The Bertz CT molecular complexity index is 323. The lowest BCUT2D eigenvalue weighted by Crippen LogP contribution is -2.14. The van der Waals surface area contributed by atoms with Crippen LogP contribution in [0.15, 0.2) is 10.3 Å². The van der Waals surface area contributed by atoms with Gasteiger partial charge in [-0.3, -0.25) is 9.59 Å². The van der Waals surface area contributed by atoms with E-state index in [9.17, 15) is 9.59 Å². The second kappa shape index (κ2) is 9.59. The zero-order chi connectivity index (χ0) is 14.0. The number of esters is 2. The maximum absolute atomic E-state index is 10.9. The van der Waals surface area contributed by atoms with Crippen LogP contribution in [0.1, 0.15) is 0 Å². The third kappa shape index (κ3) is 6.35. The Balaban J connectivity index is 4.42. The number of thioether (sulfide) groups is 2. The second-order valence-electron chi connectivity index (χ2n) is 2.54. The third-order valence-corrected chi connectivity index (χ3v) is 3.46. The molecule has 0 saturated carbocycles. The molecule has 0 atom stereocenters. The first kappa shape index (κ1) is 16.6. The van der Waals surface area contributed by atoms with E-state index in [4.69, 9.17) is 10.4 Å². The Kier molecular flexibility index (Phi) is 8.84. The summed E-state index contributed by atoms with van der Waals surface area (Å²) in [4.78, 5) is 21.8. The van der Waals surface area contributed by atoms with Crippen LogP contribution in [0.25, 0.3) is 0 Å². The molecule has 8 nitrogen and oxygen atoms in total. The standard InChI is InChI=1S/C8H12N2O6S2/c1-15-5(11)3-17-7(9-13)8(10-14)18-4-6(12)16-2/h13-14H,3-4H2,1-2H3. The largest absolute Gasteiger partial charge is 0.468 e. The van der Waals surface area contributed by atoms with E-state index in [0.29, 0.717) is 0 Å². The predicted molar refractivity (Wildman–Crippen MR) is 67.4 cm³/mol. The zero-order valence-corrected chi connectivity index (χ0v) is 11.3. The van der Waals surface area contributed by atoms with Crippen LogP contribution in [0, 0.1) is 0 Å². The molecule has 0 spiro atoms. The van der Waals surface area contributed by atoms with E-state index in [2.05, 4.69) is 19.8 Å². The lowest BCUT2D eigenvalue weighted by molar-refractivity contribution is -0.138. The van der Waals surface area contributed by atoms with Crippen LogP contribution in [0.5, 0.6) is 0 Å². The predicted octanol–water partition coefficient (Wildman–Crippen LogP) is 0.374. The van der Waals surface area contributed by atoms with Gasteiger partial charge in [-0.2, -0.15) is 0 Å². The first-order chi connectivity index (χ1) is 8.58. The summed E-state index contributed by atoms with van der Waals surface area (Å²) in [5, 5.41) is 23.0. The highest BCUT2D eigenvalue weighted by molar-refractivity contribution is 8.25. The molecule has 0 heterocycles. The van der Waals surface area contributed by atoms with Crippen molar-refractivity contribution in [2.45, 2.75) is 0 Å². The Labute approximate surface area is 111 Å². The number of hydrogen-bond acceptors (Lipinski definition) is 10. The van der Waals surface area contributed by atoms with Gasteiger partial charge in [0, 0.05) is 0 Å². The van der Waals surface area contributed by atoms with E-state index in [1.807, 2.05) is 0 Å². The monoisotopic (exact) mass is 296 g/mol. The van der Waals surface area contributed by atoms with Crippen molar-refractivity contribution in [3.8, 4) is 0 Å². The van der Waals surface area contributed by atoms with Gasteiger partial charge >= 0.3 is 11.9 Å². The molecule has 0 radical (unpaired) electrons. The minimum Gasteiger partial charge on any atom is -0.468 e. The smallest absolute Gasteiger partial charge is 0.316 e. The van der Waals surface area contributed by atoms with Gasteiger partial charge in [-0.05, 0) is 0 Å². The molecule has 0 rings (SSSR count). The zero-order valence-electron chi connectivity index (χ0n) is 9.65. The molecule has 0 fully saturated rings.